The third-order valence-electron chi connectivity index (χ3n) is 3.88. The van der Waals surface area contributed by atoms with E-state index in [4.69, 9.17) is 14.2 Å². The van der Waals surface area contributed by atoms with Gasteiger partial charge in [0, 0.05) is 17.9 Å². The van der Waals surface area contributed by atoms with Crippen LogP contribution in [0.25, 0.3) is 0 Å². The van der Waals surface area contributed by atoms with Gasteiger partial charge in [-0.3, -0.25) is 4.79 Å². The Kier molecular flexibility index (Phi) is 3.63. The minimum absolute atomic E-state index is 0.114. The van der Waals surface area contributed by atoms with Gasteiger partial charge in [0.1, 0.15) is 18.1 Å². The van der Waals surface area contributed by atoms with Crippen LogP contribution in [0.4, 0.5) is 0 Å². The van der Waals surface area contributed by atoms with Crippen LogP contribution in [0, 0.1) is 5.92 Å². The molecular weight excluding hydrogens is 256 g/mol. The van der Waals surface area contributed by atoms with Gasteiger partial charge in [0.05, 0.1) is 13.7 Å². The molecule has 1 atom stereocenters. The molecule has 2 aliphatic rings. The first-order chi connectivity index (χ1) is 9.76. The molecule has 0 aromatic heterocycles. The van der Waals surface area contributed by atoms with Crippen molar-refractivity contribution in [3.63, 3.8) is 0 Å². The molecule has 4 nitrogen and oxygen atoms in total. The fourth-order valence-electron chi connectivity index (χ4n) is 2.66. The molecule has 3 rings (SSSR count). The van der Waals surface area contributed by atoms with Crippen LogP contribution in [-0.2, 0) is 16.0 Å². The molecule has 0 N–H and O–H groups in total. The SMILES string of the molecule is COc1ccc2c(c1)C/C=C1/CCC(=O)OCC1CO2. The van der Waals surface area contributed by atoms with Gasteiger partial charge in [-0.2, -0.15) is 0 Å². The van der Waals surface area contributed by atoms with E-state index in [1.807, 2.05) is 18.2 Å². The van der Waals surface area contributed by atoms with E-state index in [9.17, 15) is 4.79 Å². The minimum Gasteiger partial charge on any atom is -0.497 e. The molecule has 1 fully saturated rings. The summed E-state index contributed by atoms with van der Waals surface area (Å²) in [6.07, 6.45) is 4.25. The molecule has 1 saturated heterocycles. The Morgan fingerprint density at radius 1 is 1.20 bits per heavy atom. The first kappa shape index (κ1) is 13.0. The van der Waals surface area contributed by atoms with Gasteiger partial charge < -0.3 is 14.2 Å². The molecule has 106 valence electrons. The zero-order chi connectivity index (χ0) is 13.9. The summed E-state index contributed by atoms with van der Waals surface area (Å²) in [4.78, 5) is 11.4. The molecule has 20 heavy (non-hydrogen) atoms. The van der Waals surface area contributed by atoms with Crippen molar-refractivity contribution in [2.45, 2.75) is 19.3 Å². The Labute approximate surface area is 118 Å². The van der Waals surface area contributed by atoms with E-state index >= 15 is 0 Å². The maximum atomic E-state index is 11.4. The highest BCUT2D eigenvalue weighted by Gasteiger charge is 2.24. The van der Waals surface area contributed by atoms with Gasteiger partial charge in [0.25, 0.3) is 0 Å². The number of hydrogen-bond acceptors (Lipinski definition) is 4. The van der Waals surface area contributed by atoms with Crippen molar-refractivity contribution in [1.29, 1.82) is 0 Å². The maximum Gasteiger partial charge on any atom is 0.306 e. The fraction of sp³-hybridized carbons (Fsp3) is 0.438. The summed E-state index contributed by atoms with van der Waals surface area (Å²) in [5, 5.41) is 0. The molecule has 0 amide bonds. The number of cyclic esters (lactones) is 1. The van der Waals surface area contributed by atoms with Crippen LogP contribution in [0.2, 0.25) is 0 Å². The number of hydrogen-bond donors (Lipinski definition) is 0. The van der Waals surface area contributed by atoms with E-state index in [0.717, 1.165) is 29.9 Å². The highest BCUT2D eigenvalue weighted by atomic mass is 16.5. The summed E-state index contributed by atoms with van der Waals surface area (Å²) in [6.45, 7) is 0.981. The van der Waals surface area contributed by atoms with E-state index in [2.05, 4.69) is 6.08 Å². The number of carbonyl (C=O) groups excluding carboxylic acids is 1. The normalized spacial score (nSPS) is 24.6. The number of methoxy groups -OCH3 is 1. The zero-order valence-corrected chi connectivity index (χ0v) is 11.6. The molecule has 0 spiro atoms. The van der Waals surface area contributed by atoms with Crippen LogP contribution in [0.5, 0.6) is 11.5 Å². The average Bonchev–Trinajstić information content (AvgIpc) is 2.62. The highest BCUT2D eigenvalue weighted by Crippen LogP contribution is 2.31. The zero-order valence-electron chi connectivity index (χ0n) is 11.6. The van der Waals surface area contributed by atoms with Crippen molar-refractivity contribution in [1.82, 2.24) is 0 Å². The first-order valence-corrected chi connectivity index (χ1v) is 6.90. The van der Waals surface area contributed by atoms with Crippen molar-refractivity contribution in [3.05, 3.63) is 35.4 Å². The molecular formula is C16H18O4. The smallest absolute Gasteiger partial charge is 0.306 e. The molecule has 0 radical (unpaired) electrons. The lowest BCUT2D eigenvalue weighted by Gasteiger charge is -2.22. The molecule has 0 saturated carbocycles. The van der Waals surface area contributed by atoms with E-state index in [-0.39, 0.29) is 11.9 Å². The highest BCUT2D eigenvalue weighted by molar-refractivity contribution is 5.70. The Balaban J connectivity index is 1.87. The van der Waals surface area contributed by atoms with Crippen molar-refractivity contribution in [2.24, 2.45) is 5.92 Å². The lowest BCUT2D eigenvalue weighted by Crippen LogP contribution is -2.21. The fourth-order valence-corrected chi connectivity index (χ4v) is 2.66. The molecule has 2 aliphatic heterocycles. The Hall–Kier alpha value is -1.97. The topological polar surface area (TPSA) is 44.8 Å². The third-order valence-corrected chi connectivity index (χ3v) is 3.88. The number of fused-ring (bicyclic) bond motifs is 2. The van der Waals surface area contributed by atoms with Crippen LogP contribution in [0.3, 0.4) is 0 Å². The van der Waals surface area contributed by atoms with Gasteiger partial charge in [0.15, 0.2) is 0 Å². The van der Waals surface area contributed by atoms with E-state index in [1.54, 1.807) is 7.11 Å². The van der Waals surface area contributed by atoms with Crippen LogP contribution in [-0.4, -0.2) is 26.3 Å². The van der Waals surface area contributed by atoms with E-state index in [1.165, 1.54) is 5.57 Å². The second kappa shape index (κ2) is 5.57. The lowest BCUT2D eigenvalue weighted by atomic mass is 9.94. The second-order valence-electron chi connectivity index (χ2n) is 5.15. The summed E-state index contributed by atoms with van der Waals surface area (Å²) in [6, 6.07) is 5.85. The van der Waals surface area contributed by atoms with Gasteiger partial charge in [-0.15, -0.1) is 0 Å². The Bertz CT molecular complexity index is 547. The van der Waals surface area contributed by atoms with Gasteiger partial charge in [0.2, 0.25) is 0 Å². The van der Waals surface area contributed by atoms with Crippen LogP contribution < -0.4 is 9.47 Å². The first-order valence-electron chi connectivity index (χ1n) is 6.90. The molecule has 1 aromatic carbocycles. The van der Waals surface area contributed by atoms with Crippen molar-refractivity contribution in [2.75, 3.05) is 20.3 Å². The molecule has 4 heteroatoms. The predicted molar refractivity (Wildman–Crippen MR) is 74.0 cm³/mol. The van der Waals surface area contributed by atoms with Crippen LogP contribution in [0.15, 0.2) is 29.8 Å². The van der Waals surface area contributed by atoms with Crippen molar-refractivity contribution < 1.29 is 19.0 Å². The average molecular weight is 274 g/mol. The summed E-state index contributed by atoms with van der Waals surface area (Å²) in [5.74, 6) is 1.78. The number of esters is 1. The van der Waals surface area contributed by atoms with E-state index < -0.39 is 0 Å². The second-order valence-corrected chi connectivity index (χ2v) is 5.15. The minimum atomic E-state index is -0.114. The molecule has 0 bridgehead atoms. The predicted octanol–water partition coefficient (Wildman–Crippen LogP) is 2.51. The third kappa shape index (κ3) is 2.64. The number of benzene rings is 1. The van der Waals surface area contributed by atoms with Crippen molar-refractivity contribution >= 4 is 5.97 Å². The summed E-state index contributed by atoms with van der Waals surface area (Å²) < 4.78 is 16.4. The molecule has 2 heterocycles. The van der Waals surface area contributed by atoms with Crippen molar-refractivity contribution in [3.8, 4) is 11.5 Å². The lowest BCUT2D eigenvalue weighted by molar-refractivity contribution is -0.143. The van der Waals surface area contributed by atoms with E-state index in [0.29, 0.717) is 19.6 Å². The van der Waals surface area contributed by atoms with Gasteiger partial charge in [-0.05, 0) is 31.0 Å². The summed E-state index contributed by atoms with van der Waals surface area (Å²) >= 11 is 0. The standard InChI is InChI=1S/C16H18O4/c1-18-14-5-6-15-12(8-14)3-2-11-4-7-16(17)20-10-13(11)9-19-15/h2,5-6,8,13H,3-4,7,9-10H2,1H3/b11-2-. The van der Waals surface area contributed by atoms with Gasteiger partial charge in [-0.1, -0.05) is 11.6 Å². The number of rotatable bonds is 1. The summed E-state index contributed by atoms with van der Waals surface area (Å²) in [7, 11) is 1.66. The van der Waals surface area contributed by atoms with Crippen LogP contribution >= 0.6 is 0 Å². The summed E-state index contributed by atoms with van der Waals surface area (Å²) in [5.41, 5.74) is 2.39. The quantitative estimate of drug-likeness (QED) is 0.583. The van der Waals surface area contributed by atoms with Gasteiger partial charge in [-0.25, -0.2) is 0 Å². The van der Waals surface area contributed by atoms with Crippen LogP contribution in [0.1, 0.15) is 18.4 Å². The largest absolute Gasteiger partial charge is 0.497 e. The molecule has 0 aliphatic carbocycles. The monoisotopic (exact) mass is 274 g/mol. The number of carbonyl (C=O) groups is 1. The molecule has 1 aromatic rings. The maximum absolute atomic E-state index is 11.4. The Morgan fingerprint density at radius 2 is 2.05 bits per heavy atom. The Morgan fingerprint density at radius 3 is 2.90 bits per heavy atom. The number of ether oxygens (including phenoxy) is 3. The van der Waals surface area contributed by atoms with Gasteiger partial charge >= 0.3 is 5.97 Å². The number of allylic oxidation sites excluding steroid dienone is 1. The molecule has 1 unspecified atom stereocenters.